The van der Waals surface area contributed by atoms with Gasteiger partial charge in [0.1, 0.15) is 5.82 Å². The molecule has 0 aliphatic rings. The lowest BCUT2D eigenvalue weighted by Gasteiger charge is -2.16. The Balaban J connectivity index is 2.54. The average Bonchev–Trinajstić information content (AvgIpc) is 2.34. The third-order valence-corrected chi connectivity index (χ3v) is 2.61. The zero-order chi connectivity index (χ0) is 12.7. The third-order valence-electron chi connectivity index (χ3n) is 2.61. The van der Waals surface area contributed by atoms with Crippen molar-refractivity contribution in [2.45, 2.75) is 19.6 Å². The molecule has 0 aliphatic heterocycles. The lowest BCUT2D eigenvalue weighted by atomic mass is 10.2. The maximum atomic E-state index is 5.59. The highest BCUT2D eigenvalue weighted by Crippen LogP contribution is 2.10. The third kappa shape index (κ3) is 4.30. The molecule has 0 saturated carbocycles. The number of nitrogens with one attached hydrogen (secondary N) is 1. The van der Waals surface area contributed by atoms with Gasteiger partial charge in [-0.05, 0) is 18.6 Å². The molecule has 17 heavy (non-hydrogen) atoms. The molecule has 5 heteroatoms. The van der Waals surface area contributed by atoms with Crippen LogP contribution >= 0.6 is 0 Å². The summed E-state index contributed by atoms with van der Waals surface area (Å²) in [5.41, 5.74) is 7.61. The van der Waals surface area contributed by atoms with Crippen molar-refractivity contribution in [3.63, 3.8) is 0 Å². The van der Waals surface area contributed by atoms with Crippen molar-refractivity contribution in [1.82, 2.24) is 4.98 Å². The Hall–Kier alpha value is -1.17. The molecule has 1 unspecified atom stereocenters. The topological polar surface area (TPSA) is 69.4 Å². The fraction of sp³-hybridized carbons (Fsp3) is 0.583. The van der Waals surface area contributed by atoms with Crippen LogP contribution in [0.5, 0.6) is 0 Å². The number of rotatable bonds is 7. The second-order valence-electron chi connectivity index (χ2n) is 3.84. The van der Waals surface area contributed by atoms with Crippen molar-refractivity contribution in [2.24, 2.45) is 5.73 Å². The predicted octanol–water partition coefficient (Wildman–Crippen LogP) is 0.922. The Morgan fingerprint density at radius 3 is 2.71 bits per heavy atom. The van der Waals surface area contributed by atoms with Crippen molar-refractivity contribution in [3.05, 3.63) is 23.4 Å². The molecule has 1 atom stereocenters. The van der Waals surface area contributed by atoms with Gasteiger partial charge in [0.15, 0.2) is 0 Å². The highest BCUT2D eigenvalue weighted by Gasteiger charge is 2.07. The van der Waals surface area contributed by atoms with Gasteiger partial charge < -0.3 is 20.5 Å². The van der Waals surface area contributed by atoms with Crippen molar-refractivity contribution in [2.75, 3.05) is 32.7 Å². The van der Waals surface area contributed by atoms with Crippen LogP contribution in [0.4, 0.5) is 5.82 Å². The van der Waals surface area contributed by atoms with Gasteiger partial charge in [0.05, 0.1) is 12.7 Å². The molecule has 3 N–H and O–H groups in total. The van der Waals surface area contributed by atoms with E-state index in [1.165, 1.54) is 0 Å². The summed E-state index contributed by atoms with van der Waals surface area (Å²) in [7, 11) is 3.33. The lowest BCUT2D eigenvalue weighted by molar-refractivity contribution is 0.0365. The first-order valence-corrected chi connectivity index (χ1v) is 5.63. The minimum Gasteiger partial charge on any atom is -0.382 e. The number of pyridine rings is 1. The van der Waals surface area contributed by atoms with E-state index in [0.717, 1.165) is 17.1 Å². The van der Waals surface area contributed by atoms with E-state index >= 15 is 0 Å². The molecule has 0 bridgehead atoms. The zero-order valence-corrected chi connectivity index (χ0v) is 10.7. The molecular weight excluding hydrogens is 218 g/mol. The van der Waals surface area contributed by atoms with Crippen LogP contribution in [0.2, 0.25) is 0 Å². The number of hydrogen-bond acceptors (Lipinski definition) is 5. The van der Waals surface area contributed by atoms with Gasteiger partial charge in [-0.1, -0.05) is 6.07 Å². The normalized spacial score (nSPS) is 12.5. The first-order valence-electron chi connectivity index (χ1n) is 5.63. The molecule has 1 heterocycles. The van der Waals surface area contributed by atoms with Crippen molar-refractivity contribution >= 4 is 5.82 Å². The second-order valence-corrected chi connectivity index (χ2v) is 3.84. The van der Waals surface area contributed by atoms with Crippen LogP contribution in [-0.2, 0) is 16.0 Å². The quantitative estimate of drug-likeness (QED) is 0.740. The van der Waals surface area contributed by atoms with Crippen LogP contribution < -0.4 is 11.1 Å². The molecule has 1 aromatic heterocycles. The SMILES string of the molecule is COCC(CNc1ccc(CN)c(C)n1)OC. The Morgan fingerprint density at radius 1 is 1.41 bits per heavy atom. The Bertz CT molecular complexity index is 345. The van der Waals surface area contributed by atoms with E-state index < -0.39 is 0 Å². The number of ether oxygens (including phenoxy) is 2. The van der Waals surface area contributed by atoms with Gasteiger partial charge in [0.25, 0.3) is 0 Å². The van der Waals surface area contributed by atoms with Gasteiger partial charge >= 0.3 is 0 Å². The molecule has 0 fully saturated rings. The Labute approximate surface area is 102 Å². The molecule has 0 spiro atoms. The standard InChI is InChI=1S/C12H21N3O2/c1-9-10(6-13)4-5-12(15-9)14-7-11(17-3)8-16-2/h4-5,11H,6-8,13H2,1-3H3,(H,14,15). The maximum absolute atomic E-state index is 5.59. The highest BCUT2D eigenvalue weighted by atomic mass is 16.5. The van der Waals surface area contributed by atoms with Crippen LogP contribution in [0, 0.1) is 6.92 Å². The lowest BCUT2D eigenvalue weighted by Crippen LogP contribution is -2.27. The molecule has 5 nitrogen and oxygen atoms in total. The first-order chi connectivity index (χ1) is 8.21. The smallest absolute Gasteiger partial charge is 0.126 e. The van der Waals surface area contributed by atoms with Crippen LogP contribution in [0.3, 0.4) is 0 Å². The van der Waals surface area contributed by atoms with E-state index in [1.807, 2.05) is 19.1 Å². The number of aromatic nitrogens is 1. The number of methoxy groups -OCH3 is 2. The van der Waals surface area contributed by atoms with Gasteiger partial charge in [-0.3, -0.25) is 0 Å². The summed E-state index contributed by atoms with van der Waals surface area (Å²) in [4.78, 5) is 4.42. The number of nitrogens with two attached hydrogens (primary N) is 1. The monoisotopic (exact) mass is 239 g/mol. The summed E-state index contributed by atoms with van der Waals surface area (Å²) in [5.74, 6) is 0.831. The van der Waals surface area contributed by atoms with E-state index in [2.05, 4.69) is 10.3 Å². The van der Waals surface area contributed by atoms with Crippen LogP contribution in [0.25, 0.3) is 0 Å². The summed E-state index contributed by atoms with van der Waals surface area (Å²) < 4.78 is 10.3. The van der Waals surface area contributed by atoms with Crippen LogP contribution in [0.1, 0.15) is 11.3 Å². The van der Waals surface area contributed by atoms with Gasteiger partial charge in [0, 0.05) is 33.0 Å². The summed E-state index contributed by atoms with van der Waals surface area (Å²) in [6.07, 6.45) is 0.0243. The fourth-order valence-electron chi connectivity index (χ4n) is 1.52. The molecule has 1 aromatic rings. The van der Waals surface area contributed by atoms with Gasteiger partial charge in [0.2, 0.25) is 0 Å². The summed E-state index contributed by atoms with van der Waals surface area (Å²) in [6.45, 7) is 3.70. The van der Waals surface area contributed by atoms with Gasteiger partial charge in [-0.2, -0.15) is 0 Å². The highest BCUT2D eigenvalue weighted by molar-refractivity contribution is 5.38. The largest absolute Gasteiger partial charge is 0.382 e. The summed E-state index contributed by atoms with van der Waals surface area (Å²) in [6, 6.07) is 3.91. The molecule has 1 rings (SSSR count). The molecule has 0 amide bonds. The maximum Gasteiger partial charge on any atom is 0.126 e. The molecular formula is C12H21N3O2. The molecule has 0 saturated heterocycles. The van der Waals surface area contributed by atoms with Crippen LogP contribution in [0.15, 0.2) is 12.1 Å². The predicted molar refractivity (Wildman–Crippen MR) is 68.0 cm³/mol. The first kappa shape index (κ1) is 13.9. The zero-order valence-electron chi connectivity index (χ0n) is 10.7. The Morgan fingerprint density at radius 2 is 2.18 bits per heavy atom. The summed E-state index contributed by atoms with van der Waals surface area (Å²) >= 11 is 0. The number of anilines is 1. The molecule has 0 aliphatic carbocycles. The van der Waals surface area contributed by atoms with Crippen molar-refractivity contribution < 1.29 is 9.47 Å². The summed E-state index contributed by atoms with van der Waals surface area (Å²) in [5, 5.41) is 3.22. The number of aryl methyl sites for hydroxylation is 1. The van der Waals surface area contributed by atoms with E-state index in [0.29, 0.717) is 19.7 Å². The van der Waals surface area contributed by atoms with Gasteiger partial charge in [-0.25, -0.2) is 4.98 Å². The fourth-order valence-corrected chi connectivity index (χ4v) is 1.52. The minimum atomic E-state index is 0.0243. The average molecular weight is 239 g/mol. The second kappa shape index (κ2) is 7.21. The molecule has 0 aromatic carbocycles. The Kier molecular flexibility index (Phi) is 5.90. The number of nitrogens with zero attached hydrogens (tertiary/aromatic N) is 1. The molecule has 96 valence electrons. The molecule has 0 radical (unpaired) electrons. The van der Waals surface area contributed by atoms with E-state index in [4.69, 9.17) is 15.2 Å². The van der Waals surface area contributed by atoms with E-state index in [1.54, 1.807) is 14.2 Å². The van der Waals surface area contributed by atoms with Crippen LogP contribution in [-0.4, -0.2) is 38.5 Å². The van der Waals surface area contributed by atoms with Gasteiger partial charge in [-0.15, -0.1) is 0 Å². The van der Waals surface area contributed by atoms with E-state index in [9.17, 15) is 0 Å². The minimum absolute atomic E-state index is 0.0243. The van der Waals surface area contributed by atoms with Crippen molar-refractivity contribution in [3.8, 4) is 0 Å². The van der Waals surface area contributed by atoms with E-state index in [-0.39, 0.29) is 6.10 Å². The van der Waals surface area contributed by atoms with Crippen molar-refractivity contribution in [1.29, 1.82) is 0 Å². The number of hydrogen-bond donors (Lipinski definition) is 2.